The first-order valence-corrected chi connectivity index (χ1v) is 7.82. The lowest BCUT2D eigenvalue weighted by Gasteiger charge is -2.25. The number of carbonyl (C=O) groups is 1. The van der Waals surface area contributed by atoms with Crippen LogP contribution in [0.2, 0.25) is 0 Å². The van der Waals surface area contributed by atoms with Crippen LogP contribution in [-0.2, 0) is 0 Å². The highest BCUT2D eigenvalue weighted by Gasteiger charge is 2.39. The van der Waals surface area contributed by atoms with Crippen LogP contribution in [-0.4, -0.2) is 32.1 Å². The molecular weight excluding hydrogens is 266 g/mol. The normalized spacial score (nSPS) is 21.3. The Labute approximate surface area is 126 Å². The van der Waals surface area contributed by atoms with Gasteiger partial charge < -0.3 is 14.8 Å². The fourth-order valence-corrected chi connectivity index (χ4v) is 2.90. The number of Topliss-reactive ketones (excluding diaryl/α,β-unsaturated/α-hetero) is 1. The molecule has 2 rings (SSSR count). The molecule has 0 bridgehead atoms. The molecule has 0 amide bonds. The maximum Gasteiger partial charge on any atom is 0.170 e. The maximum absolute atomic E-state index is 12.9. The van der Waals surface area contributed by atoms with Crippen molar-refractivity contribution in [2.75, 3.05) is 26.3 Å². The highest BCUT2D eigenvalue weighted by Crippen LogP contribution is 2.36. The molecule has 1 saturated heterocycles. The van der Waals surface area contributed by atoms with Gasteiger partial charge in [-0.05, 0) is 51.4 Å². The van der Waals surface area contributed by atoms with Gasteiger partial charge in [0.05, 0.1) is 13.2 Å². The minimum absolute atomic E-state index is 0.207. The lowest BCUT2D eigenvalue weighted by molar-refractivity contribution is 0.0810. The highest BCUT2D eigenvalue weighted by molar-refractivity contribution is 6.01. The second-order valence-corrected chi connectivity index (χ2v) is 5.42. The molecule has 21 heavy (non-hydrogen) atoms. The molecule has 1 fully saturated rings. The molecule has 116 valence electrons. The van der Waals surface area contributed by atoms with Crippen LogP contribution in [0.15, 0.2) is 18.2 Å². The zero-order valence-corrected chi connectivity index (χ0v) is 13.2. The van der Waals surface area contributed by atoms with Gasteiger partial charge in [-0.15, -0.1) is 0 Å². The van der Waals surface area contributed by atoms with Crippen LogP contribution in [0.5, 0.6) is 11.5 Å². The van der Waals surface area contributed by atoms with E-state index in [0.717, 1.165) is 25.9 Å². The summed E-state index contributed by atoms with van der Waals surface area (Å²) in [6.45, 7) is 8.76. The van der Waals surface area contributed by atoms with Gasteiger partial charge in [0.25, 0.3) is 0 Å². The summed E-state index contributed by atoms with van der Waals surface area (Å²) in [6.07, 6.45) is 1.76. The van der Waals surface area contributed by atoms with Gasteiger partial charge in [0.15, 0.2) is 17.3 Å². The van der Waals surface area contributed by atoms with Gasteiger partial charge in [0.2, 0.25) is 0 Å². The third-order valence-electron chi connectivity index (χ3n) is 4.21. The average molecular weight is 291 g/mol. The van der Waals surface area contributed by atoms with Gasteiger partial charge in [-0.3, -0.25) is 4.79 Å². The molecule has 1 N–H and O–H groups in total. The SMILES string of the molecule is CCOc1ccc(C(=O)C2(CC)CCNC2)cc1OCC. The van der Waals surface area contributed by atoms with Gasteiger partial charge >= 0.3 is 0 Å². The van der Waals surface area contributed by atoms with E-state index < -0.39 is 0 Å². The molecule has 1 unspecified atom stereocenters. The molecule has 0 spiro atoms. The van der Waals surface area contributed by atoms with E-state index in [-0.39, 0.29) is 11.2 Å². The van der Waals surface area contributed by atoms with Gasteiger partial charge in [0.1, 0.15) is 0 Å². The van der Waals surface area contributed by atoms with Crippen molar-refractivity contribution >= 4 is 5.78 Å². The number of hydrogen-bond donors (Lipinski definition) is 1. The molecule has 0 saturated carbocycles. The van der Waals surface area contributed by atoms with E-state index >= 15 is 0 Å². The topological polar surface area (TPSA) is 47.6 Å². The smallest absolute Gasteiger partial charge is 0.170 e. The first-order chi connectivity index (χ1) is 10.2. The summed E-state index contributed by atoms with van der Waals surface area (Å²) < 4.78 is 11.2. The zero-order valence-electron chi connectivity index (χ0n) is 13.2. The number of hydrogen-bond acceptors (Lipinski definition) is 4. The molecule has 4 heteroatoms. The summed E-state index contributed by atoms with van der Waals surface area (Å²) in [5, 5.41) is 3.31. The van der Waals surface area contributed by atoms with E-state index in [1.807, 2.05) is 32.0 Å². The number of ketones is 1. The second-order valence-electron chi connectivity index (χ2n) is 5.42. The van der Waals surface area contributed by atoms with Crippen LogP contribution < -0.4 is 14.8 Å². The molecule has 0 aromatic heterocycles. The zero-order chi connectivity index (χ0) is 15.3. The minimum Gasteiger partial charge on any atom is -0.490 e. The minimum atomic E-state index is -0.267. The molecule has 1 aromatic rings. The number of benzene rings is 1. The van der Waals surface area contributed by atoms with E-state index in [1.54, 1.807) is 0 Å². The summed E-state index contributed by atoms with van der Waals surface area (Å²) in [4.78, 5) is 12.9. The van der Waals surface area contributed by atoms with Gasteiger partial charge in [0, 0.05) is 17.5 Å². The monoisotopic (exact) mass is 291 g/mol. The van der Waals surface area contributed by atoms with E-state index in [0.29, 0.717) is 30.3 Å². The Kier molecular flexibility index (Phi) is 5.23. The van der Waals surface area contributed by atoms with Crippen molar-refractivity contribution in [2.24, 2.45) is 5.41 Å². The second kappa shape index (κ2) is 6.94. The summed E-state index contributed by atoms with van der Waals surface area (Å²) >= 11 is 0. The molecule has 1 aliphatic heterocycles. The predicted octanol–water partition coefficient (Wildman–Crippen LogP) is 3.06. The summed E-state index contributed by atoms with van der Waals surface area (Å²) in [7, 11) is 0. The number of nitrogens with one attached hydrogen (secondary N) is 1. The maximum atomic E-state index is 12.9. The van der Waals surface area contributed by atoms with Gasteiger partial charge in [-0.25, -0.2) is 0 Å². The van der Waals surface area contributed by atoms with Crippen molar-refractivity contribution < 1.29 is 14.3 Å². The van der Waals surface area contributed by atoms with Crippen molar-refractivity contribution in [3.63, 3.8) is 0 Å². The number of rotatable bonds is 7. The molecular formula is C17H25NO3. The van der Waals surface area contributed by atoms with Gasteiger partial charge in [-0.1, -0.05) is 6.92 Å². The van der Waals surface area contributed by atoms with Crippen molar-refractivity contribution in [2.45, 2.75) is 33.6 Å². The third-order valence-corrected chi connectivity index (χ3v) is 4.21. The van der Waals surface area contributed by atoms with Gasteiger partial charge in [-0.2, -0.15) is 0 Å². The van der Waals surface area contributed by atoms with Crippen molar-refractivity contribution in [3.8, 4) is 11.5 Å². The Morgan fingerprint density at radius 1 is 1.19 bits per heavy atom. The summed E-state index contributed by atoms with van der Waals surface area (Å²) in [6, 6.07) is 5.52. The number of ether oxygens (including phenoxy) is 2. The Morgan fingerprint density at radius 2 is 1.90 bits per heavy atom. The molecule has 0 aliphatic carbocycles. The quantitative estimate of drug-likeness (QED) is 0.784. The molecule has 1 heterocycles. The fourth-order valence-electron chi connectivity index (χ4n) is 2.90. The van der Waals surface area contributed by atoms with Crippen LogP contribution in [0.3, 0.4) is 0 Å². The van der Waals surface area contributed by atoms with Crippen LogP contribution in [0, 0.1) is 5.41 Å². The first-order valence-electron chi connectivity index (χ1n) is 7.82. The fraction of sp³-hybridized carbons (Fsp3) is 0.588. The molecule has 1 atom stereocenters. The van der Waals surface area contributed by atoms with Crippen molar-refractivity contribution in [1.29, 1.82) is 0 Å². The lowest BCUT2D eigenvalue weighted by atomic mass is 9.77. The van der Waals surface area contributed by atoms with Crippen LogP contribution in [0.25, 0.3) is 0 Å². The Bertz CT molecular complexity index is 493. The molecule has 4 nitrogen and oxygen atoms in total. The highest BCUT2D eigenvalue weighted by atomic mass is 16.5. The molecule has 1 aliphatic rings. The largest absolute Gasteiger partial charge is 0.490 e. The van der Waals surface area contributed by atoms with E-state index in [9.17, 15) is 4.79 Å². The Balaban J connectivity index is 2.30. The summed E-state index contributed by atoms with van der Waals surface area (Å²) in [5.41, 5.74) is 0.448. The van der Waals surface area contributed by atoms with E-state index in [2.05, 4.69) is 12.2 Å². The van der Waals surface area contributed by atoms with Crippen molar-refractivity contribution in [1.82, 2.24) is 5.32 Å². The standard InChI is InChI=1S/C17H25NO3/c1-4-17(9-10-18-12-17)16(19)13-7-8-14(20-5-2)15(11-13)21-6-3/h7-8,11,18H,4-6,9-10,12H2,1-3H3. The number of carbonyl (C=O) groups excluding carboxylic acids is 1. The molecule has 0 radical (unpaired) electrons. The Hall–Kier alpha value is -1.55. The van der Waals surface area contributed by atoms with Crippen molar-refractivity contribution in [3.05, 3.63) is 23.8 Å². The lowest BCUT2D eigenvalue weighted by Crippen LogP contribution is -2.33. The van der Waals surface area contributed by atoms with Crippen LogP contribution in [0.4, 0.5) is 0 Å². The average Bonchev–Trinajstić information content (AvgIpc) is 2.99. The third kappa shape index (κ3) is 3.21. The Morgan fingerprint density at radius 3 is 2.48 bits per heavy atom. The van der Waals surface area contributed by atoms with Crippen LogP contribution >= 0.6 is 0 Å². The van der Waals surface area contributed by atoms with Crippen LogP contribution in [0.1, 0.15) is 44.0 Å². The van der Waals surface area contributed by atoms with E-state index in [1.165, 1.54) is 0 Å². The molecule has 1 aromatic carbocycles. The summed E-state index contributed by atoms with van der Waals surface area (Å²) in [5.74, 6) is 1.56. The van der Waals surface area contributed by atoms with E-state index in [4.69, 9.17) is 9.47 Å². The first kappa shape index (κ1) is 15.8. The predicted molar refractivity (Wildman–Crippen MR) is 83.3 cm³/mol.